The van der Waals surface area contributed by atoms with Gasteiger partial charge in [0.1, 0.15) is 0 Å². The summed E-state index contributed by atoms with van der Waals surface area (Å²) >= 11 is 0. The van der Waals surface area contributed by atoms with E-state index in [4.69, 9.17) is 10.3 Å². The molecule has 2 atom stereocenters. The van der Waals surface area contributed by atoms with Crippen LogP contribution in [0.25, 0.3) is 0 Å². The van der Waals surface area contributed by atoms with Gasteiger partial charge in [0.2, 0.25) is 5.89 Å². The average molecular weight is 209 g/mol. The van der Waals surface area contributed by atoms with Crippen LogP contribution in [0.1, 0.15) is 57.7 Å². The van der Waals surface area contributed by atoms with Crippen LogP contribution in [0.15, 0.2) is 4.52 Å². The third-order valence-electron chi connectivity index (χ3n) is 3.18. The Kier molecular flexibility index (Phi) is 2.54. The van der Waals surface area contributed by atoms with Crippen LogP contribution >= 0.6 is 0 Å². The Morgan fingerprint density at radius 3 is 2.73 bits per heavy atom. The first-order valence-corrected chi connectivity index (χ1v) is 5.64. The standard InChI is InChI=1S/C11H19N3O/c1-7(2)9-13-10(14-15-9)11(12)5-4-8(3)6-11/h7-8H,4-6,12H2,1-3H3. The molecule has 2 rings (SSSR count). The lowest BCUT2D eigenvalue weighted by molar-refractivity contribution is 0.338. The van der Waals surface area contributed by atoms with Gasteiger partial charge in [0, 0.05) is 5.92 Å². The molecule has 0 radical (unpaired) electrons. The first-order chi connectivity index (χ1) is 7.01. The van der Waals surface area contributed by atoms with E-state index in [0.29, 0.717) is 17.6 Å². The highest BCUT2D eigenvalue weighted by Gasteiger charge is 2.39. The van der Waals surface area contributed by atoms with Crippen molar-refractivity contribution < 1.29 is 4.52 Å². The van der Waals surface area contributed by atoms with Gasteiger partial charge in [-0.15, -0.1) is 0 Å². The Balaban J connectivity index is 2.22. The van der Waals surface area contributed by atoms with Crippen molar-refractivity contribution in [3.05, 3.63) is 11.7 Å². The SMILES string of the molecule is CC1CCC(N)(c2noc(C(C)C)n2)C1. The van der Waals surface area contributed by atoms with Gasteiger partial charge in [-0.3, -0.25) is 0 Å². The number of hydrogen-bond donors (Lipinski definition) is 1. The Labute approximate surface area is 90.2 Å². The molecule has 4 nitrogen and oxygen atoms in total. The third kappa shape index (κ3) is 1.91. The Morgan fingerprint density at radius 1 is 1.53 bits per heavy atom. The number of rotatable bonds is 2. The third-order valence-corrected chi connectivity index (χ3v) is 3.18. The normalized spacial score (nSPS) is 31.4. The maximum Gasteiger partial charge on any atom is 0.229 e. The summed E-state index contributed by atoms with van der Waals surface area (Å²) < 4.78 is 5.20. The minimum atomic E-state index is -0.351. The summed E-state index contributed by atoms with van der Waals surface area (Å²) in [7, 11) is 0. The summed E-state index contributed by atoms with van der Waals surface area (Å²) in [5, 5.41) is 4.01. The zero-order chi connectivity index (χ0) is 11.1. The molecule has 0 bridgehead atoms. The fourth-order valence-corrected chi connectivity index (χ4v) is 2.20. The molecule has 4 heteroatoms. The molecule has 1 saturated carbocycles. The van der Waals surface area contributed by atoms with E-state index in [2.05, 4.69) is 17.1 Å². The largest absolute Gasteiger partial charge is 0.339 e. The fourth-order valence-electron chi connectivity index (χ4n) is 2.20. The summed E-state index contributed by atoms with van der Waals surface area (Å²) in [6.07, 6.45) is 3.08. The predicted molar refractivity (Wildman–Crippen MR) is 57.3 cm³/mol. The van der Waals surface area contributed by atoms with Crippen LogP contribution in [-0.4, -0.2) is 10.1 Å². The number of hydrogen-bond acceptors (Lipinski definition) is 4. The summed E-state index contributed by atoms with van der Waals surface area (Å²) in [5.74, 6) is 2.31. The van der Waals surface area contributed by atoms with Gasteiger partial charge >= 0.3 is 0 Å². The van der Waals surface area contributed by atoms with Crippen LogP contribution in [0.3, 0.4) is 0 Å². The molecule has 0 spiro atoms. The van der Waals surface area contributed by atoms with Crippen molar-refractivity contribution in [1.29, 1.82) is 0 Å². The van der Waals surface area contributed by atoms with Gasteiger partial charge in [0.25, 0.3) is 0 Å². The highest BCUT2D eigenvalue weighted by Crippen LogP contribution is 2.38. The van der Waals surface area contributed by atoms with Crippen LogP contribution in [0.4, 0.5) is 0 Å². The molecule has 2 unspecified atom stereocenters. The van der Waals surface area contributed by atoms with Gasteiger partial charge in [0.05, 0.1) is 5.54 Å². The molecule has 1 aromatic heterocycles. The van der Waals surface area contributed by atoms with Crippen LogP contribution in [-0.2, 0) is 5.54 Å². The molecule has 84 valence electrons. The summed E-state index contributed by atoms with van der Waals surface area (Å²) in [5.41, 5.74) is 5.95. The van der Waals surface area contributed by atoms with E-state index < -0.39 is 0 Å². The predicted octanol–water partition coefficient (Wildman–Crippen LogP) is 2.17. The molecule has 0 saturated heterocycles. The van der Waals surface area contributed by atoms with Crippen molar-refractivity contribution in [3.63, 3.8) is 0 Å². The van der Waals surface area contributed by atoms with E-state index in [1.54, 1.807) is 0 Å². The van der Waals surface area contributed by atoms with E-state index in [1.165, 1.54) is 0 Å². The summed E-state index contributed by atoms with van der Waals surface area (Å²) in [6.45, 7) is 6.30. The molecule has 0 aromatic carbocycles. The lowest BCUT2D eigenvalue weighted by Crippen LogP contribution is -2.35. The van der Waals surface area contributed by atoms with Crippen LogP contribution in [0, 0.1) is 5.92 Å². The summed E-state index contributed by atoms with van der Waals surface area (Å²) in [4.78, 5) is 4.40. The first-order valence-electron chi connectivity index (χ1n) is 5.64. The molecule has 1 fully saturated rings. The Bertz CT molecular complexity index is 347. The smallest absolute Gasteiger partial charge is 0.229 e. The summed E-state index contributed by atoms with van der Waals surface area (Å²) in [6, 6.07) is 0. The van der Waals surface area contributed by atoms with Gasteiger partial charge in [-0.25, -0.2) is 0 Å². The molecule has 15 heavy (non-hydrogen) atoms. The molecule has 1 aliphatic rings. The number of nitrogens with two attached hydrogens (primary N) is 1. The van der Waals surface area contributed by atoms with Crippen LogP contribution in [0.5, 0.6) is 0 Å². The topological polar surface area (TPSA) is 64.9 Å². The minimum absolute atomic E-state index is 0.272. The molecule has 1 aliphatic carbocycles. The zero-order valence-corrected chi connectivity index (χ0v) is 9.66. The van der Waals surface area contributed by atoms with Crippen molar-refractivity contribution in [2.24, 2.45) is 11.7 Å². The molecular formula is C11H19N3O. The zero-order valence-electron chi connectivity index (χ0n) is 9.66. The quantitative estimate of drug-likeness (QED) is 0.810. The van der Waals surface area contributed by atoms with Crippen molar-refractivity contribution in [2.75, 3.05) is 0 Å². The maximum absolute atomic E-state index is 6.30. The highest BCUT2D eigenvalue weighted by molar-refractivity contribution is 5.08. The molecule has 1 aromatic rings. The van der Waals surface area contributed by atoms with Crippen molar-refractivity contribution in [2.45, 2.75) is 51.5 Å². The Morgan fingerprint density at radius 2 is 2.27 bits per heavy atom. The van der Waals surface area contributed by atoms with Crippen molar-refractivity contribution in [1.82, 2.24) is 10.1 Å². The van der Waals surface area contributed by atoms with Gasteiger partial charge in [-0.1, -0.05) is 25.9 Å². The van der Waals surface area contributed by atoms with Gasteiger partial charge in [0.15, 0.2) is 5.82 Å². The maximum atomic E-state index is 6.30. The molecule has 1 heterocycles. The number of nitrogens with zero attached hydrogens (tertiary/aromatic N) is 2. The van der Waals surface area contributed by atoms with Crippen LogP contribution < -0.4 is 5.73 Å². The van der Waals surface area contributed by atoms with E-state index in [9.17, 15) is 0 Å². The monoisotopic (exact) mass is 209 g/mol. The van der Waals surface area contributed by atoms with E-state index in [-0.39, 0.29) is 11.5 Å². The number of aromatic nitrogens is 2. The molecule has 0 aliphatic heterocycles. The fraction of sp³-hybridized carbons (Fsp3) is 0.818. The van der Waals surface area contributed by atoms with E-state index in [1.807, 2.05) is 13.8 Å². The lowest BCUT2D eigenvalue weighted by atomic mass is 9.97. The van der Waals surface area contributed by atoms with Crippen LogP contribution in [0.2, 0.25) is 0 Å². The average Bonchev–Trinajstić information content (AvgIpc) is 2.73. The minimum Gasteiger partial charge on any atom is -0.339 e. The van der Waals surface area contributed by atoms with E-state index >= 15 is 0 Å². The van der Waals surface area contributed by atoms with Gasteiger partial charge in [-0.05, 0) is 25.2 Å². The lowest BCUT2D eigenvalue weighted by Gasteiger charge is -2.18. The Hall–Kier alpha value is -0.900. The second-order valence-corrected chi connectivity index (χ2v) is 5.12. The molecule has 2 N–H and O–H groups in total. The molecular weight excluding hydrogens is 190 g/mol. The van der Waals surface area contributed by atoms with Crippen molar-refractivity contribution in [3.8, 4) is 0 Å². The molecule has 0 amide bonds. The van der Waals surface area contributed by atoms with E-state index in [0.717, 1.165) is 19.3 Å². The second-order valence-electron chi connectivity index (χ2n) is 5.12. The van der Waals surface area contributed by atoms with Gasteiger partial charge < -0.3 is 10.3 Å². The van der Waals surface area contributed by atoms with Crippen molar-refractivity contribution >= 4 is 0 Å². The first kappa shape index (κ1) is 10.6. The van der Waals surface area contributed by atoms with Gasteiger partial charge in [-0.2, -0.15) is 4.98 Å². The second kappa shape index (κ2) is 3.59. The highest BCUT2D eigenvalue weighted by atomic mass is 16.5.